The summed E-state index contributed by atoms with van der Waals surface area (Å²) in [7, 11) is 0. The van der Waals surface area contributed by atoms with E-state index in [4.69, 9.17) is 0 Å². The fraction of sp³-hybridized carbons (Fsp3) is 0.250. The molecule has 70 valence electrons. The molecule has 0 aliphatic heterocycles. The van der Waals surface area contributed by atoms with Crippen molar-refractivity contribution >= 4 is 33.4 Å². The molecule has 1 aromatic carbocycles. The Bertz CT molecular complexity index is 330. The number of nitro benzene ring substituents is 1. The van der Waals surface area contributed by atoms with Crippen LogP contribution in [0.25, 0.3) is 0 Å². The number of halogens is 1. The molecule has 1 rings (SSSR count). The molecule has 1 aromatic rings. The van der Waals surface area contributed by atoms with Crippen LogP contribution in [0.1, 0.15) is 5.56 Å². The first-order valence-electron chi connectivity index (χ1n) is 3.57. The normalized spacial score (nSPS) is 10.0. The van der Waals surface area contributed by atoms with E-state index in [-0.39, 0.29) is 10.6 Å². The lowest BCUT2D eigenvalue weighted by molar-refractivity contribution is -0.385. The van der Waals surface area contributed by atoms with Crippen molar-refractivity contribution in [2.24, 2.45) is 0 Å². The lowest BCUT2D eigenvalue weighted by Crippen LogP contribution is -1.92. The van der Waals surface area contributed by atoms with Crippen LogP contribution in [0.5, 0.6) is 0 Å². The van der Waals surface area contributed by atoms with E-state index in [0.717, 1.165) is 11.3 Å². The Morgan fingerprint density at radius 2 is 2.31 bits per heavy atom. The zero-order valence-electron chi connectivity index (χ0n) is 6.99. The van der Waals surface area contributed by atoms with Gasteiger partial charge in [-0.2, -0.15) is 11.8 Å². The van der Waals surface area contributed by atoms with E-state index in [1.807, 2.05) is 12.3 Å². The lowest BCUT2D eigenvalue weighted by Gasteiger charge is -2.01. The molecule has 0 aromatic heterocycles. The Labute approximate surface area is 88.8 Å². The van der Waals surface area contributed by atoms with Gasteiger partial charge in [-0.25, -0.2) is 0 Å². The lowest BCUT2D eigenvalue weighted by atomic mass is 10.2. The van der Waals surface area contributed by atoms with E-state index in [1.54, 1.807) is 17.8 Å². The second-order valence-corrected chi connectivity index (χ2v) is 4.10. The van der Waals surface area contributed by atoms with Gasteiger partial charge in [0.25, 0.3) is 5.69 Å². The van der Waals surface area contributed by atoms with Crippen LogP contribution in [0.4, 0.5) is 5.69 Å². The monoisotopic (exact) mass is 261 g/mol. The smallest absolute Gasteiger partial charge is 0.258 e. The van der Waals surface area contributed by atoms with Crippen LogP contribution in [0, 0.1) is 10.1 Å². The van der Waals surface area contributed by atoms with Crippen LogP contribution in [0.15, 0.2) is 22.7 Å². The summed E-state index contributed by atoms with van der Waals surface area (Å²) in [6.45, 7) is 0. The summed E-state index contributed by atoms with van der Waals surface area (Å²) in [5.74, 6) is 0.780. The highest BCUT2D eigenvalue weighted by molar-refractivity contribution is 9.10. The second kappa shape index (κ2) is 4.62. The van der Waals surface area contributed by atoms with Gasteiger partial charge in [0.05, 0.1) is 9.40 Å². The maximum absolute atomic E-state index is 10.5. The van der Waals surface area contributed by atoms with Gasteiger partial charge in [-0.1, -0.05) is 12.1 Å². The highest BCUT2D eigenvalue weighted by Gasteiger charge is 2.13. The summed E-state index contributed by atoms with van der Waals surface area (Å²) < 4.78 is 0.592. The SMILES string of the molecule is CSCc1cccc([N+](=O)[O-])c1Br. The molecule has 0 saturated heterocycles. The number of nitro groups is 1. The second-order valence-electron chi connectivity index (χ2n) is 2.44. The van der Waals surface area contributed by atoms with E-state index >= 15 is 0 Å². The van der Waals surface area contributed by atoms with Crippen molar-refractivity contribution in [2.45, 2.75) is 5.75 Å². The predicted octanol–water partition coefficient (Wildman–Crippen LogP) is 3.22. The van der Waals surface area contributed by atoms with Crippen molar-refractivity contribution in [1.29, 1.82) is 0 Å². The molecular formula is C8H8BrNO2S. The topological polar surface area (TPSA) is 43.1 Å². The van der Waals surface area contributed by atoms with Gasteiger partial charge in [-0.3, -0.25) is 10.1 Å². The summed E-state index contributed by atoms with van der Waals surface area (Å²) in [5, 5.41) is 10.5. The van der Waals surface area contributed by atoms with E-state index in [1.165, 1.54) is 6.07 Å². The molecule has 0 aliphatic carbocycles. The van der Waals surface area contributed by atoms with Crippen LogP contribution in [-0.4, -0.2) is 11.2 Å². The van der Waals surface area contributed by atoms with E-state index in [0.29, 0.717) is 4.47 Å². The summed E-state index contributed by atoms with van der Waals surface area (Å²) in [5.41, 5.74) is 1.09. The Morgan fingerprint density at radius 3 is 2.85 bits per heavy atom. The van der Waals surface area contributed by atoms with E-state index in [9.17, 15) is 10.1 Å². The van der Waals surface area contributed by atoms with E-state index in [2.05, 4.69) is 15.9 Å². The maximum atomic E-state index is 10.5. The van der Waals surface area contributed by atoms with Crippen LogP contribution >= 0.6 is 27.7 Å². The molecule has 0 bridgehead atoms. The summed E-state index contributed by atoms with van der Waals surface area (Å²) in [6, 6.07) is 5.08. The molecular weight excluding hydrogens is 254 g/mol. The zero-order chi connectivity index (χ0) is 9.84. The van der Waals surface area contributed by atoms with Crippen molar-refractivity contribution in [3.63, 3.8) is 0 Å². The molecule has 0 N–H and O–H groups in total. The summed E-state index contributed by atoms with van der Waals surface area (Å²) >= 11 is 4.86. The Morgan fingerprint density at radius 1 is 1.62 bits per heavy atom. The van der Waals surface area contributed by atoms with Gasteiger partial charge in [-0.05, 0) is 27.7 Å². The standard InChI is InChI=1S/C8H8BrNO2S/c1-13-5-6-3-2-4-7(8(6)9)10(11)12/h2-4H,5H2,1H3. The van der Waals surface area contributed by atoms with Gasteiger partial charge in [0.2, 0.25) is 0 Å². The molecule has 3 nitrogen and oxygen atoms in total. The van der Waals surface area contributed by atoms with Crippen molar-refractivity contribution in [3.05, 3.63) is 38.3 Å². The highest BCUT2D eigenvalue weighted by atomic mass is 79.9. The first kappa shape index (κ1) is 10.5. The number of benzene rings is 1. The Balaban J connectivity index is 3.10. The number of hydrogen-bond acceptors (Lipinski definition) is 3. The van der Waals surface area contributed by atoms with E-state index < -0.39 is 0 Å². The van der Waals surface area contributed by atoms with Crippen molar-refractivity contribution < 1.29 is 4.92 Å². The molecule has 5 heteroatoms. The van der Waals surface area contributed by atoms with Crippen molar-refractivity contribution in [2.75, 3.05) is 6.26 Å². The summed E-state index contributed by atoms with van der Waals surface area (Å²) in [4.78, 5) is 10.2. The number of rotatable bonds is 3. The fourth-order valence-electron chi connectivity index (χ4n) is 0.974. The average molecular weight is 262 g/mol. The molecule has 0 saturated carbocycles. The molecule has 0 aliphatic rings. The molecule has 0 unspecified atom stereocenters. The molecule has 0 heterocycles. The third kappa shape index (κ3) is 2.45. The van der Waals surface area contributed by atoms with Gasteiger partial charge < -0.3 is 0 Å². The number of hydrogen-bond donors (Lipinski definition) is 0. The third-order valence-corrected chi connectivity index (χ3v) is 3.07. The highest BCUT2D eigenvalue weighted by Crippen LogP contribution is 2.29. The zero-order valence-corrected chi connectivity index (χ0v) is 9.39. The van der Waals surface area contributed by atoms with Crippen LogP contribution < -0.4 is 0 Å². The van der Waals surface area contributed by atoms with Crippen molar-refractivity contribution in [3.8, 4) is 0 Å². The molecule has 0 amide bonds. The molecule has 0 radical (unpaired) electrons. The molecule has 0 spiro atoms. The first-order valence-corrected chi connectivity index (χ1v) is 5.76. The minimum Gasteiger partial charge on any atom is -0.258 e. The maximum Gasteiger partial charge on any atom is 0.283 e. The molecule has 13 heavy (non-hydrogen) atoms. The van der Waals surface area contributed by atoms with Gasteiger partial charge in [0, 0.05) is 11.8 Å². The third-order valence-electron chi connectivity index (χ3n) is 1.55. The predicted molar refractivity (Wildman–Crippen MR) is 58.0 cm³/mol. The summed E-state index contributed by atoms with van der Waals surface area (Å²) in [6.07, 6.45) is 1.96. The van der Waals surface area contributed by atoms with Gasteiger partial charge in [0.1, 0.15) is 0 Å². The Hall–Kier alpha value is -0.550. The quantitative estimate of drug-likeness (QED) is 0.620. The largest absolute Gasteiger partial charge is 0.283 e. The van der Waals surface area contributed by atoms with Crippen LogP contribution in [-0.2, 0) is 5.75 Å². The average Bonchev–Trinajstić information content (AvgIpc) is 2.08. The van der Waals surface area contributed by atoms with Gasteiger partial charge >= 0.3 is 0 Å². The minimum atomic E-state index is -0.381. The molecule has 0 atom stereocenters. The van der Waals surface area contributed by atoms with Crippen molar-refractivity contribution in [1.82, 2.24) is 0 Å². The van der Waals surface area contributed by atoms with Crippen LogP contribution in [0.3, 0.4) is 0 Å². The number of thioether (sulfide) groups is 1. The first-order chi connectivity index (χ1) is 6.16. The number of nitrogens with zero attached hydrogens (tertiary/aromatic N) is 1. The minimum absolute atomic E-state index is 0.131. The van der Waals surface area contributed by atoms with Gasteiger partial charge in [0.15, 0.2) is 0 Å². The Kier molecular flexibility index (Phi) is 3.74. The van der Waals surface area contributed by atoms with Gasteiger partial charge in [-0.15, -0.1) is 0 Å². The fourth-order valence-corrected chi connectivity index (χ4v) is 2.26. The van der Waals surface area contributed by atoms with Crippen LogP contribution in [0.2, 0.25) is 0 Å². The molecule has 0 fully saturated rings.